The summed E-state index contributed by atoms with van der Waals surface area (Å²) in [4.78, 5) is 9.16. The molecule has 3 heterocycles. The summed E-state index contributed by atoms with van der Waals surface area (Å²) < 4.78 is 0. The summed E-state index contributed by atoms with van der Waals surface area (Å²) in [6.45, 7) is 12.4. The molecular formula is C25H36N4. The highest BCUT2D eigenvalue weighted by Crippen LogP contribution is 2.38. The predicted octanol–water partition coefficient (Wildman–Crippen LogP) is 6.49. The van der Waals surface area contributed by atoms with E-state index in [1.165, 1.54) is 18.4 Å². The highest BCUT2D eigenvalue weighted by atomic mass is 15.2. The number of hydrogen-bond acceptors (Lipinski definition) is 4. The summed E-state index contributed by atoms with van der Waals surface area (Å²) in [7, 11) is 0. The van der Waals surface area contributed by atoms with Crippen LogP contribution in [0.1, 0.15) is 77.3 Å². The molecule has 2 aromatic rings. The van der Waals surface area contributed by atoms with Crippen LogP contribution in [-0.4, -0.2) is 21.4 Å². The van der Waals surface area contributed by atoms with Gasteiger partial charge in [-0.2, -0.15) is 10.2 Å². The summed E-state index contributed by atoms with van der Waals surface area (Å²) in [5.74, 6) is 1.52. The molecule has 0 spiro atoms. The van der Waals surface area contributed by atoms with Gasteiger partial charge in [0.05, 0.1) is 22.8 Å². The van der Waals surface area contributed by atoms with Crippen LogP contribution in [0.4, 0.5) is 0 Å². The van der Waals surface area contributed by atoms with Crippen LogP contribution in [0.3, 0.4) is 0 Å². The highest BCUT2D eigenvalue weighted by molar-refractivity contribution is 6.10. The van der Waals surface area contributed by atoms with E-state index in [2.05, 4.69) is 52.2 Å². The molecule has 0 N–H and O–H groups in total. The Kier molecular flexibility index (Phi) is 9.17. The number of aromatic nitrogens is 2. The van der Waals surface area contributed by atoms with Gasteiger partial charge in [-0.3, -0.25) is 9.97 Å². The molecule has 29 heavy (non-hydrogen) atoms. The normalized spacial score (nSPS) is 23.0. The van der Waals surface area contributed by atoms with E-state index in [9.17, 15) is 0 Å². The monoisotopic (exact) mass is 392 g/mol. The van der Waals surface area contributed by atoms with Crippen LogP contribution in [0.2, 0.25) is 0 Å². The highest BCUT2D eigenvalue weighted by Gasteiger charge is 2.37. The van der Waals surface area contributed by atoms with Crippen LogP contribution in [-0.2, 0) is 0 Å². The van der Waals surface area contributed by atoms with E-state index in [1.54, 1.807) is 0 Å². The average Bonchev–Trinajstić information content (AvgIpc) is 2.99. The van der Waals surface area contributed by atoms with Gasteiger partial charge in [0.2, 0.25) is 0 Å². The third kappa shape index (κ3) is 5.59. The van der Waals surface area contributed by atoms with E-state index >= 15 is 0 Å². The molecule has 0 bridgehead atoms. The van der Waals surface area contributed by atoms with Crippen molar-refractivity contribution in [2.75, 3.05) is 0 Å². The molecule has 1 aliphatic heterocycles. The standard InChI is InChI=1S/C21H24N4.2C2H6/c1-14-6-9-16-17(10-7-14)21(19-11-8-15(2)13-23-19)25-24-20(16)18-5-3-4-12-22-18;2*1-2/h3-5,8,11-14,16-17H,6-7,9-10H2,1-2H3;2*1-2H3. The Balaban J connectivity index is 0.000000707. The lowest BCUT2D eigenvalue weighted by Crippen LogP contribution is -2.34. The molecular weight excluding hydrogens is 356 g/mol. The fraction of sp³-hybridized carbons (Fsp3) is 0.520. The number of nitrogens with zero attached hydrogens (tertiary/aromatic N) is 4. The maximum absolute atomic E-state index is 4.64. The van der Waals surface area contributed by atoms with Gasteiger partial charge in [-0.05, 0) is 49.4 Å². The van der Waals surface area contributed by atoms with E-state index in [0.29, 0.717) is 11.8 Å². The Bertz CT molecular complexity index is 793. The Morgan fingerprint density at radius 1 is 0.724 bits per heavy atom. The Morgan fingerprint density at radius 2 is 1.31 bits per heavy atom. The van der Waals surface area contributed by atoms with Gasteiger partial charge in [0.1, 0.15) is 0 Å². The van der Waals surface area contributed by atoms with E-state index < -0.39 is 0 Å². The largest absolute Gasteiger partial charge is 0.255 e. The fourth-order valence-corrected chi connectivity index (χ4v) is 4.00. The maximum atomic E-state index is 4.64. The lowest BCUT2D eigenvalue weighted by molar-refractivity contribution is 0.492. The number of hydrogen-bond donors (Lipinski definition) is 0. The predicted molar refractivity (Wildman–Crippen MR) is 124 cm³/mol. The summed E-state index contributed by atoms with van der Waals surface area (Å²) in [6, 6.07) is 10.2. The zero-order chi connectivity index (χ0) is 21.2. The fourth-order valence-electron chi connectivity index (χ4n) is 4.00. The molecule has 4 nitrogen and oxygen atoms in total. The number of fused-ring (bicyclic) bond motifs is 1. The Hall–Kier alpha value is -2.36. The lowest BCUT2D eigenvalue weighted by atomic mass is 9.78. The first-order chi connectivity index (χ1) is 14.2. The maximum Gasteiger partial charge on any atom is 0.0924 e. The average molecular weight is 393 g/mol. The summed E-state index contributed by atoms with van der Waals surface area (Å²) in [6.07, 6.45) is 8.53. The van der Waals surface area contributed by atoms with Gasteiger partial charge in [0.15, 0.2) is 0 Å². The number of aryl methyl sites for hydroxylation is 1. The molecule has 0 radical (unpaired) electrons. The molecule has 1 aliphatic carbocycles. The summed E-state index contributed by atoms with van der Waals surface area (Å²) in [5.41, 5.74) is 5.21. The van der Waals surface area contributed by atoms with Gasteiger partial charge in [0.25, 0.3) is 0 Å². The van der Waals surface area contributed by atoms with Gasteiger partial charge in [-0.1, -0.05) is 59.6 Å². The zero-order valence-electron chi connectivity index (χ0n) is 18.9. The van der Waals surface area contributed by atoms with Crippen molar-refractivity contribution in [2.45, 2.75) is 67.2 Å². The van der Waals surface area contributed by atoms with Crippen LogP contribution in [0.15, 0.2) is 52.9 Å². The van der Waals surface area contributed by atoms with Gasteiger partial charge in [0, 0.05) is 24.2 Å². The first-order valence-electron chi connectivity index (χ1n) is 11.2. The molecule has 1 saturated carbocycles. The molecule has 0 amide bonds. The second kappa shape index (κ2) is 11.6. The van der Waals surface area contributed by atoms with Crippen molar-refractivity contribution in [1.29, 1.82) is 0 Å². The van der Waals surface area contributed by atoms with Gasteiger partial charge in [-0.15, -0.1) is 0 Å². The van der Waals surface area contributed by atoms with Crippen LogP contribution in [0.5, 0.6) is 0 Å². The third-order valence-electron chi connectivity index (χ3n) is 5.50. The first kappa shape index (κ1) is 22.9. The number of rotatable bonds is 2. The van der Waals surface area contributed by atoms with Crippen molar-refractivity contribution in [2.24, 2.45) is 28.0 Å². The minimum atomic E-state index is 0.384. The molecule has 1 fully saturated rings. The lowest BCUT2D eigenvalue weighted by Gasteiger charge is -2.29. The van der Waals surface area contributed by atoms with Crippen LogP contribution >= 0.6 is 0 Å². The first-order valence-corrected chi connectivity index (χ1v) is 11.2. The molecule has 3 unspecified atom stereocenters. The van der Waals surface area contributed by atoms with Crippen molar-refractivity contribution in [3.05, 3.63) is 59.7 Å². The third-order valence-corrected chi connectivity index (χ3v) is 5.50. The molecule has 0 aromatic carbocycles. The summed E-state index contributed by atoms with van der Waals surface area (Å²) in [5, 5.41) is 9.27. The van der Waals surface area contributed by atoms with Crippen molar-refractivity contribution >= 4 is 11.4 Å². The van der Waals surface area contributed by atoms with Gasteiger partial charge in [-0.25, -0.2) is 0 Å². The molecule has 4 heteroatoms. The smallest absolute Gasteiger partial charge is 0.0924 e. The van der Waals surface area contributed by atoms with Gasteiger partial charge >= 0.3 is 0 Å². The minimum Gasteiger partial charge on any atom is -0.255 e. The molecule has 0 saturated heterocycles. The second-order valence-corrected chi connectivity index (χ2v) is 7.38. The van der Waals surface area contributed by atoms with Crippen LogP contribution < -0.4 is 0 Å². The molecule has 2 aromatic heterocycles. The van der Waals surface area contributed by atoms with E-state index in [0.717, 1.165) is 41.6 Å². The minimum absolute atomic E-state index is 0.384. The molecule has 2 aliphatic rings. The van der Waals surface area contributed by atoms with Crippen molar-refractivity contribution in [3.63, 3.8) is 0 Å². The van der Waals surface area contributed by atoms with E-state index in [1.807, 2.05) is 52.2 Å². The quantitative estimate of drug-likeness (QED) is 0.586. The van der Waals surface area contributed by atoms with E-state index in [4.69, 9.17) is 0 Å². The van der Waals surface area contributed by atoms with Crippen molar-refractivity contribution in [3.8, 4) is 0 Å². The van der Waals surface area contributed by atoms with Gasteiger partial charge < -0.3 is 0 Å². The number of pyridine rings is 2. The summed E-state index contributed by atoms with van der Waals surface area (Å²) >= 11 is 0. The molecule has 3 atom stereocenters. The Morgan fingerprint density at radius 3 is 1.79 bits per heavy atom. The SMILES string of the molecule is CC.CC.Cc1ccc(C2=NN=C(c3ccccn3)C3CCC(C)CCC23)nc1. The van der Waals surface area contributed by atoms with Crippen LogP contribution in [0, 0.1) is 24.7 Å². The van der Waals surface area contributed by atoms with Crippen molar-refractivity contribution in [1.82, 2.24) is 9.97 Å². The second-order valence-electron chi connectivity index (χ2n) is 7.38. The van der Waals surface area contributed by atoms with Crippen LogP contribution in [0.25, 0.3) is 0 Å². The van der Waals surface area contributed by atoms with E-state index in [-0.39, 0.29) is 0 Å². The topological polar surface area (TPSA) is 50.5 Å². The Labute approximate surface area is 176 Å². The molecule has 156 valence electrons. The van der Waals surface area contributed by atoms with Crippen molar-refractivity contribution < 1.29 is 0 Å². The zero-order valence-corrected chi connectivity index (χ0v) is 18.9. The molecule has 4 rings (SSSR count).